The summed E-state index contributed by atoms with van der Waals surface area (Å²) in [4.78, 5) is 19.3. The van der Waals surface area contributed by atoms with Gasteiger partial charge in [-0.2, -0.15) is 5.10 Å². The summed E-state index contributed by atoms with van der Waals surface area (Å²) in [6, 6.07) is 8.00. The molecule has 0 saturated heterocycles. The first-order valence-electron chi connectivity index (χ1n) is 7.45. The standard InChI is InChI=1S/C17H19N5O/c1-11-6-12(2)8-14(7-11)22-13(3)9-15(21-22)17(23)20-10-16-18-4-5-19-16/h4-9H,10H2,1-3H3,(H,18,19)(H,20,23). The van der Waals surface area contributed by atoms with Crippen molar-refractivity contribution in [1.82, 2.24) is 25.1 Å². The number of benzene rings is 1. The molecule has 0 spiro atoms. The van der Waals surface area contributed by atoms with Crippen LogP contribution in [-0.4, -0.2) is 25.7 Å². The highest BCUT2D eigenvalue weighted by Gasteiger charge is 2.13. The summed E-state index contributed by atoms with van der Waals surface area (Å²) in [5.74, 6) is 0.497. The monoisotopic (exact) mass is 309 g/mol. The molecule has 3 rings (SSSR count). The first kappa shape index (κ1) is 15.0. The van der Waals surface area contributed by atoms with Crippen LogP contribution >= 0.6 is 0 Å². The Bertz CT molecular complexity index is 813. The van der Waals surface area contributed by atoms with Crippen LogP contribution in [0.1, 0.15) is 33.1 Å². The minimum atomic E-state index is -0.215. The van der Waals surface area contributed by atoms with Crippen molar-refractivity contribution in [3.63, 3.8) is 0 Å². The summed E-state index contributed by atoms with van der Waals surface area (Å²) in [7, 11) is 0. The van der Waals surface area contributed by atoms with E-state index >= 15 is 0 Å². The summed E-state index contributed by atoms with van der Waals surface area (Å²) < 4.78 is 1.79. The maximum absolute atomic E-state index is 12.2. The van der Waals surface area contributed by atoms with Gasteiger partial charge in [0.1, 0.15) is 5.82 Å². The van der Waals surface area contributed by atoms with Gasteiger partial charge in [0.05, 0.1) is 12.2 Å². The second-order valence-electron chi connectivity index (χ2n) is 5.65. The largest absolute Gasteiger partial charge is 0.347 e. The molecule has 2 aromatic heterocycles. The molecule has 1 amide bonds. The van der Waals surface area contributed by atoms with E-state index in [2.05, 4.69) is 38.6 Å². The normalized spacial score (nSPS) is 10.7. The van der Waals surface area contributed by atoms with Crippen LogP contribution in [0.4, 0.5) is 0 Å². The van der Waals surface area contributed by atoms with Crippen LogP contribution in [0.3, 0.4) is 0 Å². The Morgan fingerprint density at radius 1 is 1.17 bits per heavy atom. The minimum Gasteiger partial charge on any atom is -0.347 e. The van der Waals surface area contributed by atoms with Gasteiger partial charge in [-0.3, -0.25) is 4.79 Å². The lowest BCUT2D eigenvalue weighted by atomic mass is 10.1. The topological polar surface area (TPSA) is 75.6 Å². The molecule has 0 unspecified atom stereocenters. The molecule has 0 aliphatic heterocycles. The maximum atomic E-state index is 12.2. The van der Waals surface area contributed by atoms with Crippen molar-refractivity contribution < 1.29 is 4.79 Å². The predicted octanol–water partition coefficient (Wildman–Crippen LogP) is 2.45. The summed E-state index contributed by atoms with van der Waals surface area (Å²) in [5, 5.41) is 7.24. The van der Waals surface area contributed by atoms with E-state index in [0.717, 1.165) is 11.4 Å². The molecule has 0 fully saturated rings. The Labute approximate surface area is 134 Å². The third-order valence-electron chi connectivity index (χ3n) is 3.54. The summed E-state index contributed by atoms with van der Waals surface area (Å²) in [5.41, 5.74) is 4.61. The first-order valence-corrected chi connectivity index (χ1v) is 7.45. The molecule has 2 N–H and O–H groups in total. The van der Waals surface area contributed by atoms with E-state index in [4.69, 9.17) is 0 Å². The lowest BCUT2D eigenvalue weighted by Crippen LogP contribution is -2.24. The van der Waals surface area contributed by atoms with Gasteiger partial charge in [-0.05, 0) is 50.1 Å². The van der Waals surface area contributed by atoms with Crippen molar-refractivity contribution in [2.24, 2.45) is 0 Å². The van der Waals surface area contributed by atoms with E-state index in [-0.39, 0.29) is 5.91 Å². The Hall–Kier alpha value is -2.89. The van der Waals surface area contributed by atoms with Gasteiger partial charge in [-0.15, -0.1) is 0 Å². The van der Waals surface area contributed by atoms with Crippen molar-refractivity contribution in [1.29, 1.82) is 0 Å². The van der Waals surface area contributed by atoms with Crippen LogP contribution in [0.2, 0.25) is 0 Å². The molecule has 6 nitrogen and oxygen atoms in total. The molecule has 1 aromatic carbocycles. The molecule has 0 saturated carbocycles. The van der Waals surface area contributed by atoms with Gasteiger partial charge in [0.2, 0.25) is 0 Å². The number of nitrogens with one attached hydrogen (secondary N) is 2. The molecule has 0 atom stereocenters. The van der Waals surface area contributed by atoms with Crippen molar-refractivity contribution in [3.05, 3.63) is 65.0 Å². The zero-order chi connectivity index (χ0) is 16.4. The average molecular weight is 309 g/mol. The number of aryl methyl sites for hydroxylation is 3. The number of rotatable bonds is 4. The Morgan fingerprint density at radius 3 is 2.57 bits per heavy atom. The average Bonchev–Trinajstić information content (AvgIpc) is 3.13. The van der Waals surface area contributed by atoms with Crippen molar-refractivity contribution in [3.8, 4) is 5.69 Å². The maximum Gasteiger partial charge on any atom is 0.272 e. The lowest BCUT2D eigenvalue weighted by Gasteiger charge is -2.07. The SMILES string of the molecule is Cc1cc(C)cc(-n2nc(C(=O)NCc3ncc[nH]3)cc2C)c1. The number of nitrogens with zero attached hydrogens (tertiary/aromatic N) is 3. The van der Waals surface area contributed by atoms with Crippen LogP contribution in [0.5, 0.6) is 0 Å². The smallest absolute Gasteiger partial charge is 0.272 e. The van der Waals surface area contributed by atoms with Crippen molar-refractivity contribution >= 4 is 5.91 Å². The van der Waals surface area contributed by atoms with E-state index in [0.29, 0.717) is 18.1 Å². The van der Waals surface area contributed by atoms with E-state index in [1.54, 1.807) is 23.1 Å². The zero-order valence-corrected chi connectivity index (χ0v) is 13.4. The fraction of sp³-hybridized carbons (Fsp3) is 0.235. The molecule has 0 aliphatic carbocycles. The molecular formula is C17H19N5O. The van der Waals surface area contributed by atoms with E-state index in [1.165, 1.54) is 11.1 Å². The fourth-order valence-electron chi connectivity index (χ4n) is 2.57. The Kier molecular flexibility index (Phi) is 3.97. The van der Waals surface area contributed by atoms with E-state index in [1.807, 2.05) is 20.8 Å². The van der Waals surface area contributed by atoms with Gasteiger partial charge < -0.3 is 10.3 Å². The molecule has 118 valence electrons. The molecule has 23 heavy (non-hydrogen) atoms. The van der Waals surface area contributed by atoms with Gasteiger partial charge in [-0.25, -0.2) is 9.67 Å². The number of carbonyl (C=O) groups is 1. The Morgan fingerprint density at radius 2 is 1.91 bits per heavy atom. The van der Waals surface area contributed by atoms with Gasteiger partial charge >= 0.3 is 0 Å². The van der Waals surface area contributed by atoms with E-state index < -0.39 is 0 Å². The number of H-pyrrole nitrogens is 1. The molecule has 0 bridgehead atoms. The van der Waals surface area contributed by atoms with Crippen molar-refractivity contribution in [2.45, 2.75) is 27.3 Å². The third-order valence-corrected chi connectivity index (χ3v) is 3.54. The van der Waals surface area contributed by atoms with Gasteiger partial charge in [0.15, 0.2) is 5.69 Å². The number of hydrogen-bond acceptors (Lipinski definition) is 3. The molecular weight excluding hydrogens is 290 g/mol. The highest BCUT2D eigenvalue weighted by molar-refractivity contribution is 5.92. The fourth-order valence-corrected chi connectivity index (χ4v) is 2.57. The minimum absolute atomic E-state index is 0.215. The van der Waals surface area contributed by atoms with Gasteiger partial charge in [0, 0.05) is 18.1 Å². The van der Waals surface area contributed by atoms with Crippen LogP contribution in [0.15, 0.2) is 36.7 Å². The number of amides is 1. The van der Waals surface area contributed by atoms with Crippen LogP contribution < -0.4 is 5.32 Å². The Balaban J connectivity index is 1.81. The number of carbonyl (C=O) groups excluding carboxylic acids is 1. The van der Waals surface area contributed by atoms with Crippen LogP contribution in [-0.2, 0) is 6.54 Å². The van der Waals surface area contributed by atoms with Gasteiger partial charge in [0.25, 0.3) is 5.91 Å². The molecule has 0 radical (unpaired) electrons. The molecule has 3 aromatic rings. The van der Waals surface area contributed by atoms with Crippen LogP contribution in [0, 0.1) is 20.8 Å². The second-order valence-corrected chi connectivity index (χ2v) is 5.65. The van der Waals surface area contributed by atoms with Crippen molar-refractivity contribution in [2.75, 3.05) is 0 Å². The lowest BCUT2D eigenvalue weighted by molar-refractivity contribution is 0.0944. The number of imidazole rings is 1. The number of hydrogen-bond donors (Lipinski definition) is 2. The highest BCUT2D eigenvalue weighted by Crippen LogP contribution is 2.16. The van der Waals surface area contributed by atoms with Gasteiger partial charge in [-0.1, -0.05) is 6.07 Å². The summed E-state index contributed by atoms with van der Waals surface area (Å²) in [6.45, 7) is 6.38. The summed E-state index contributed by atoms with van der Waals surface area (Å²) >= 11 is 0. The number of aromatic nitrogens is 4. The second kappa shape index (κ2) is 6.08. The third kappa shape index (κ3) is 3.31. The first-order chi connectivity index (χ1) is 11.0. The number of aromatic amines is 1. The molecule has 6 heteroatoms. The van der Waals surface area contributed by atoms with Crippen LogP contribution in [0.25, 0.3) is 5.69 Å². The zero-order valence-electron chi connectivity index (χ0n) is 13.4. The van der Waals surface area contributed by atoms with E-state index in [9.17, 15) is 4.79 Å². The molecule has 2 heterocycles. The summed E-state index contributed by atoms with van der Waals surface area (Å²) in [6.07, 6.45) is 3.38. The predicted molar refractivity (Wildman–Crippen MR) is 87.5 cm³/mol. The highest BCUT2D eigenvalue weighted by atomic mass is 16.1. The molecule has 0 aliphatic rings. The quantitative estimate of drug-likeness (QED) is 0.777.